The van der Waals surface area contributed by atoms with Crippen LogP contribution in [-0.4, -0.2) is 16.0 Å². The molecule has 0 N–H and O–H groups in total. The van der Waals surface area contributed by atoms with Crippen molar-refractivity contribution in [1.29, 1.82) is 0 Å². The molecule has 0 saturated heterocycles. The Morgan fingerprint density at radius 3 is 1.40 bits per heavy atom. The molecule has 0 atom stereocenters. The van der Waals surface area contributed by atoms with Gasteiger partial charge in [0.25, 0.3) is 0 Å². The molecule has 0 spiro atoms. The van der Waals surface area contributed by atoms with Crippen molar-refractivity contribution in [3.8, 4) is 0 Å². The molecule has 0 radical (unpaired) electrons. The van der Waals surface area contributed by atoms with Gasteiger partial charge in [0.05, 0.1) is 34.2 Å². The molecule has 0 fully saturated rings. The van der Waals surface area contributed by atoms with Crippen LogP contribution in [0.3, 0.4) is 0 Å². The predicted molar refractivity (Wildman–Crippen MR) is 149 cm³/mol. The number of fused-ring (bicyclic) bond motifs is 2. The van der Waals surface area contributed by atoms with Crippen molar-refractivity contribution in [3.63, 3.8) is 0 Å². The van der Waals surface area contributed by atoms with Crippen LogP contribution < -0.4 is 0 Å². The number of hydrogen-bond acceptors (Lipinski definition) is 2. The molecule has 0 saturated carbocycles. The van der Waals surface area contributed by atoms with E-state index in [2.05, 4.69) is 123 Å². The zero-order chi connectivity index (χ0) is 24.8. The van der Waals surface area contributed by atoms with Gasteiger partial charge in [-0.1, -0.05) is 72.8 Å². The molecule has 178 valence electrons. The van der Waals surface area contributed by atoms with Crippen LogP contribution in [0, 0.1) is 0 Å². The van der Waals surface area contributed by atoms with E-state index >= 15 is 0 Å². The third-order valence-electron chi connectivity index (χ3n) is 5.97. The van der Waals surface area contributed by atoms with Crippen LogP contribution in [0.1, 0.15) is 25.2 Å². The maximum absolute atomic E-state index is 4.97. The van der Waals surface area contributed by atoms with E-state index in [1.807, 2.05) is 0 Å². The fourth-order valence-electron chi connectivity index (χ4n) is 4.33. The summed E-state index contributed by atoms with van der Waals surface area (Å²) in [6.45, 7) is 4.14. The Bertz CT molecular complexity index is 1410. The summed E-state index contributed by atoms with van der Waals surface area (Å²) in [6, 6.07) is 33.5. The Hall–Kier alpha value is -2.88. The van der Waals surface area contributed by atoms with Gasteiger partial charge in [0.1, 0.15) is 0 Å². The number of rotatable bonds is 4. The van der Waals surface area contributed by atoms with Crippen LogP contribution in [0.4, 0.5) is 11.4 Å². The molecule has 0 aliphatic heterocycles. The topological polar surface area (TPSA) is 29.6 Å². The molecule has 5 rings (SSSR count). The first-order valence-electron chi connectivity index (χ1n) is 11.1. The Morgan fingerprint density at radius 2 is 0.971 bits per heavy atom. The molecule has 1 aromatic heterocycles. The number of nitrogens with zero attached hydrogens (tertiary/aromatic N) is 3. The fraction of sp³-hybridized carbons (Fsp3) is 0.103. The SMILES string of the molecule is CC(=Nc1cccc2ccccc12)c1ccc(C(C)=Nc2cccc3ccccc23)n1C.[Cl][Fe][Cl]. The van der Waals surface area contributed by atoms with Crippen molar-refractivity contribution >= 4 is 64.5 Å². The van der Waals surface area contributed by atoms with Gasteiger partial charge < -0.3 is 4.57 Å². The second-order valence-corrected chi connectivity index (χ2v) is 9.93. The zero-order valence-corrected chi connectivity index (χ0v) is 22.3. The molecular weight excluding hydrogens is 517 g/mol. The molecule has 0 unspecified atom stereocenters. The van der Waals surface area contributed by atoms with Crippen molar-refractivity contribution in [1.82, 2.24) is 4.57 Å². The van der Waals surface area contributed by atoms with E-state index in [1.54, 1.807) is 0 Å². The summed E-state index contributed by atoms with van der Waals surface area (Å²) in [6.07, 6.45) is 0. The van der Waals surface area contributed by atoms with Crippen LogP contribution in [0.5, 0.6) is 0 Å². The number of aromatic nitrogens is 1. The molecular formula is C29H25Cl2FeN3. The minimum atomic E-state index is 0.194. The Kier molecular flexibility index (Phi) is 8.43. The summed E-state index contributed by atoms with van der Waals surface area (Å²) in [4.78, 5) is 9.94. The van der Waals surface area contributed by atoms with Crippen molar-refractivity contribution in [2.24, 2.45) is 17.0 Å². The number of halogens is 2. The monoisotopic (exact) mass is 541 g/mol. The molecule has 0 aliphatic rings. The summed E-state index contributed by atoms with van der Waals surface area (Å²) >= 11 is 0.194. The maximum atomic E-state index is 4.97. The van der Waals surface area contributed by atoms with Gasteiger partial charge in [-0.25, -0.2) is 0 Å². The standard InChI is InChI=1S/C29H25N3.2ClH.Fe/c1-20(30-26-16-8-12-22-10-4-6-14-24(22)26)28-18-19-29(32(28)3)21(2)31-27-17-9-13-23-11-5-7-15-25(23)27;;;/h4-19H,1-3H3;2*1H;/q;;;+2/p-2. The molecule has 4 aromatic carbocycles. The minimum absolute atomic E-state index is 0.194. The summed E-state index contributed by atoms with van der Waals surface area (Å²) in [5.41, 5.74) is 6.11. The van der Waals surface area contributed by atoms with Crippen LogP contribution in [-0.2, 0) is 20.2 Å². The molecule has 3 nitrogen and oxygen atoms in total. The summed E-state index contributed by atoms with van der Waals surface area (Å²) < 4.78 is 2.17. The summed E-state index contributed by atoms with van der Waals surface area (Å²) in [7, 11) is 11.6. The second kappa shape index (κ2) is 11.7. The Balaban J connectivity index is 0.000000917. The van der Waals surface area contributed by atoms with Gasteiger partial charge in [0.2, 0.25) is 0 Å². The molecule has 0 amide bonds. The van der Waals surface area contributed by atoms with E-state index < -0.39 is 0 Å². The first-order valence-corrected chi connectivity index (χ1v) is 14.1. The number of aliphatic imine (C=N–C) groups is 2. The average Bonchev–Trinajstić information content (AvgIpc) is 3.26. The van der Waals surface area contributed by atoms with E-state index in [9.17, 15) is 0 Å². The summed E-state index contributed by atoms with van der Waals surface area (Å²) in [5, 5.41) is 4.73. The second-order valence-electron chi connectivity index (χ2n) is 8.10. The van der Waals surface area contributed by atoms with E-state index in [1.165, 1.54) is 10.8 Å². The van der Waals surface area contributed by atoms with Gasteiger partial charge in [-0.3, -0.25) is 9.98 Å². The van der Waals surface area contributed by atoms with E-state index in [-0.39, 0.29) is 13.1 Å². The molecule has 5 aromatic rings. The Morgan fingerprint density at radius 1 is 0.600 bits per heavy atom. The van der Waals surface area contributed by atoms with Crippen molar-refractivity contribution in [2.45, 2.75) is 13.8 Å². The predicted octanol–water partition coefficient (Wildman–Crippen LogP) is 8.99. The van der Waals surface area contributed by atoms with Gasteiger partial charge in [-0.2, -0.15) is 0 Å². The van der Waals surface area contributed by atoms with E-state index in [0.717, 1.165) is 45.0 Å². The first-order chi connectivity index (χ1) is 17.0. The molecule has 0 bridgehead atoms. The number of benzene rings is 4. The fourth-order valence-corrected chi connectivity index (χ4v) is 4.33. The molecule has 0 aliphatic carbocycles. The van der Waals surface area contributed by atoms with Crippen LogP contribution >= 0.6 is 20.2 Å². The van der Waals surface area contributed by atoms with Crippen LogP contribution in [0.25, 0.3) is 21.5 Å². The average molecular weight is 542 g/mol. The van der Waals surface area contributed by atoms with Crippen LogP contribution in [0.15, 0.2) is 107 Å². The third-order valence-corrected chi connectivity index (χ3v) is 5.97. The van der Waals surface area contributed by atoms with Gasteiger partial charge in [-0.05, 0) is 48.9 Å². The molecule has 1 heterocycles. The third kappa shape index (κ3) is 5.69. The summed E-state index contributed by atoms with van der Waals surface area (Å²) in [5.74, 6) is 0. The number of hydrogen-bond donors (Lipinski definition) is 0. The van der Waals surface area contributed by atoms with Gasteiger partial charge in [0.15, 0.2) is 0 Å². The van der Waals surface area contributed by atoms with Gasteiger partial charge in [0, 0.05) is 17.8 Å². The van der Waals surface area contributed by atoms with Gasteiger partial charge >= 0.3 is 33.3 Å². The molecule has 35 heavy (non-hydrogen) atoms. The van der Waals surface area contributed by atoms with Crippen molar-refractivity contribution < 1.29 is 13.1 Å². The van der Waals surface area contributed by atoms with Crippen molar-refractivity contribution in [3.05, 3.63) is 108 Å². The quantitative estimate of drug-likeness (QED) is 0.160. The van der Waals surface area contributed by atoms with Crippen LogP contribution in [0.2, 0.25) is 0 Å². The first kappa shape index (κ1) is 25.2. The Labute approximate surface area is 220 Å². The van der Waals surface area contributed by atoms with E-state index in [0.29, 0.717) is 0 Å². The van der Waals surface area contributed by atoms with Crippen molar-refractivity contribution in [2.75, 3.05) is 0 Å². The van der Waals surface area contributed by atoms with Gasteiger partial charge in [-0.15, -0.1) is 0 Å². The zero-order valence-electron chi connectivity index (χ0n) is 19.7. The molecule has 6 heteroatoms. The normalized spacial score (nSPS) is 12.1. The van der Waals surface area contributed by atoms with E-state index in [4.69, 9.17) is 30.2 Å².